The van der Waals surface area contributed by atoms with Crippen molar-refractivity contribution in [2.24, 2.45) is 11.3 Å². The van der Waals surface area contributed by atoms with Gasteiger partial charge in [-0.15, -0.1) is 0 Å². The Hall–Kier alpha value is -0.760. The van der Waals surface area contributed by atoms with Crippen molar-refractivity contribution in [1.29, 1.82) is 0 Å². The number of rotatable bonds is 8. The van der Waals surface area contributed by atoms with Crippen LogP contribution in [0.25, 0.3) is 0 Å². The Morgan fingerprint density at radius 1 is 1.30 bits per heavy atom. The van der Waals surface area contributed by atoms with Gasteiger partial charge in [0.2, 0.25) is 0 Å². The molecule has 1 aliphatic carbocycles. The summed E-state index contributed by atoms with van der Waals surface area (Å²) < 4.78 is 2.30. The second kappa shape index (κ2) is 7.31. The molecule has 1 saturated carbocycles. The minimum atomic E-state index is 0.583. The van der Waals surface area contributed by atoms with Crippen molar-refractivity contribution >= 4 is 0 Å². The number of hydrogen-bond donors (Lipinski definition) is 1. The van der Waals surface area contributed by atoms with Crippen LogP contribution in [0.2, 0.25) is 0 Å². The van der Waals surface area contributed by atoms with Gasteiger partial charge in [0.15, 0.2) is 0 Å². The molecule has 1 N–H and O–H groups in total. The predicted octanol–water partition coefficient (Wildman–Crippen LogP) is 4.59. The van der Waals surface area contributed by atoms with Gasteiger partial charge in [-0.2, -0.15) is 0 Å². The van der Waals surface area contributed by atoms with Crippen molar-refractivity contribution in [3.05, 3.63) is 24.0 Å². The van der Waals surface area contributed by atoms with Crippen LogP contribution in [-0.2, 0) is 13.1 Å². The van der Waals surface area contributed by atoms with Gasteiger partial charge in [-0.1, -0.05) is 33.6 Å². The van der Waals surface area contributed by atoms with Gasteiger partial charge in [0.1, 0.15) is 0 Å². The Balaban J connectivity index is 1.80. The summed E-state index contributed by atoms with van der Waals surface area (Å²) in [6.07, 6.45) is 12.8. The molecule has 0 amide bonds. The van der Waals surface area contributed by atoms with Gasteiger partial charge in [-0.25, -0.2) is 0 Å². The standard InChI is InChI=1S/C18H32N2/c1-4-10-20-11-7-17(14-20)13-19-15-18(12-16(2)3)8-5-6-9-18/h7,11,14,16,19H,4-6,8-10,12-13,15H2,1-3H3. The lowest BCUT2D eigenvalue weighted by Crippen LogP contribution is -2.33. The second-order valence-electron chi connectivity index (χ2n) is 7.17. The van der Waals surface area contributed by atoms with Crippen LogP contribution >= 0.6 is 0 Å². The lowest BCUT2D eigenvalue weighted by atomic mass is 9.78. The molecule has 0 unspecified atom stereocenters. The summed E-state index contributed by atoms with van der Waals surface area (Å²) in [5, 5.41) is 3.73. The summed E-state index contributed by atoms with van der Waals surface area (Å²) in [6.45, 7) is 10.3. The molecule has 0 radical (unpaired) electrons. The molecule has 1 fully saturated rings. The molecule has 0 aromatic carbocycles. The molecule has 2 rings (SSSR count). The third-order valence-electron chi connectivity index (χ3n) is 4.63. The molecule has 1 heterocycles. The third-order valence-corrected chi connectivity index (χ3v) is 4.63. The van der Waals surface area contributed by atoms with Gasteiger partial charge >= 0.3 is 0 Å². The molecular weight excluding hydrogens is 244 g/mol. The van der Waals surface area contributed by atoms with Crippen LogP contribution < -0.4 is 5.32 Å². The van der Waals surface area contributed by atoms with E-state index in [1.165, 1.54) is 50.6 Å². The molecule has 2 nitrogen and oxygen atoms in total. The summed E-state index contributed by atoms with van der Waals surface area (Å²) in [7, 11) is 0. The van der Waals surface area contributed by atoms with E-state index in [1.807, 2.05) is 0 Å². The van der Waals surface area contributed by atoms with Crippen LogP contribution in [0.5, 0.6) is 0 Å². The highest BCUT2D eigenvalue weighted by molar-refractivity contribution is 5.10. The van der Waals surface area contributed by atoms with E-state index >= 15 is 0 Å². The maximum absolute atomic E-state index is 3.73. The molecule has 0 aliphatic heterocycles. The number of aryl methyl sites for hydroxylation is 1. The van der Waals surface area contributed by atoms with Gasteiger partial charge in [0.25, 0.3) is 0 Å². The Bertz CT molecular complexity index is 386. The number of nitrogens with zero attached hydrogens (tertiary/aromatic N) is 1. The largest absolute Gasteiger partial charge is 0.354 e. The van der Waals surface area contributed by atoms with E-state index in [2.05, 4.69) is 49.1 Å². The minimum Gasteiger partial charge on any atom is -0.354 e. The first kappa shape index (κ1) is 15.6. The molecule has 114 valence electrons. The topological polar surface area (TPSA) is 17.0 Å². The molecule has 0 atom stereocenters. The van der Waals surface area contributed by atoms with E-state index in [9.17, 15) is 0 Å². The van der Waals surface area contributed by atoms with E-state index < -0.39 is 0 Å². The summed E-state index contributed by atoms with van der Waals surface area (Å²) in [5.74, 6) is 0.820. The van der Waals surface area contributed by atoms with E-state index in [0.29, 0.717) is 5.41 Å². The van der Waals surface area contributed by atoms with Crippen molar-refractivity contribution in [2.75, 3.05) is 6.54 Å². The first-order chi connectivity index (χ1) is 9.63. The summed E-state index contributed by atoms with van der Waals surface area (Å²) >= 11 is 0. The van der Waals surface area contributed by atoms with Crippen molar-refractivity contribution in [3.63, 3.8) is 0 Å². The van der Waals surface area contributed by atoms with Gasteiger partial charge in [-0.3, -0.25) is 0 Å². The fourth-order valence-electron chi connectivity index (χ4n) is 3.91. The summed E-state index contributed by atoms with van der Waals surface area (Å²) in [6, 6.07) is 2.26. The van der Waals surface area contributed by atoms with Crippen LogP contribution in [0.4, 0.5) is 0 Å². The molecule has 1 aromatic heterocycles. The zero-order chi connectivity index (χ0) is 14.4. The first-order valence-corrected chi connectivity index (χ1v) is 8.49. The quantitative estimate of drug-likeness (QED) is 0.734. The van der Waals surface area contributed by atoms with Gasteiger partial charge in [0.05, 0.1) is 0 Å². The molecular formula is C18H32N2. The molecule has 20 heavy (non-hydrogen) atoms. The molecule has 0 saturated heterocycles. The first-order valence-electron chi connectivity index (χ1n) is 8.49. The minimum absolute atomic E-state index is 0.583. The monoisotopic (exact) mass is 276 g/mol. The maximum atomic E-state index is 3.73. The predicted molar refractivity (Wildman–Crippen MR) is 86.8 cm³/mol. The molecule has 0 spiro atoms. The van der Waals surface area contributed by atoms with Crippen molar-refractivity contribution < 1.29 is 0 Å². The van der Waals surface area contributed by atoms with Crippen LogP contribution in [0.15, 0.2) is 18.5 Å². The SMILES string of the molecule is CCCn1ccc(CNCC2(CC(C)C)CCCC2)c1. The lowest BCUT2D eigenvalue weighted by Gasteiger charge is -2.31. The number of hydrogen-bond acceptors (Lipinski definition) is 1. The zero-order valence-electron chi connectivity index (χ0n) is 13.6. The zero-order valence-corrected chi connectivity index (χ0v) is 13.6. The fraction of sp³-hybridized carbons (Fsp3) is 0.778. The Morgan fingerprint density at radius 3 is 2.70 bits per heavy atom. The van der Waals surface area contributed by atoms with Gasteiger partial charge < -0.3 is 9.88 Å². The highest BCUT2D eigenvalue weighted by atomic mass is 14.9. The Labute approximate surface area is 125 Å². The number of nitrogens with one attached hydrogen (secondary N) is 1. The highest BCUT2D eigenvalue weighted by Crippen LogP contribution is 2.42. The van der Waals surface area contributed by atoms with Crippen molar-refractivity contribution in [2.45, 2.75) is 72.4 Å². The van der Waals surface area contributed by atoms with E-state index in [-0.39, 0.29) is 0 Å². The van der Waals surface area contributed by atoms with Gasteiger partial charge in [-0.05, 0) is 48.6 Å². The van der Waals surface area contributed by atoms with Crippen molar-refractivity contribution in [3.8, 4) is 0 Å². The van der Waals surface area contributed by atoms with E-state index in [1.54, 1.807) is 0 Å². The maximum Gasteiger partial charge on any atom is 0.0220 e. The van der Waals surface area contributed by atoms with Crippen LogP contribution in [0.1, 0.15) is 64.9 Å². The molecule has 2 heteroatoms. The van der Waals surface area contributed by atoms with Crippen LogP contribution in [-0.4, -0.2) is 11.1 Å². The smallest absolute Gasteiger partial charge is 0.0220 e. The Morgan fingerprint density at radius 2 is 2.05 bits per heavy atom. The fourth-order valence-corrected chi connectivity index (χ4v) is 3.91. The lowest BCUT2D eigenvalue weighted by molar-refractivity contribution is 0.223. The molecule has 1 aromatic rings. The summed E-state index contributed by atoms with van der Waals surface area (Å²) in [4.78, 5) is 0. The van der Waals surface area contributed by atoms with Crippen LogP contribution in [0.3, 0.4) is 0 Å². The molecule has 1 aliphatic rings. The highest BCUT2D eigenvalue weighted by Gasteiger charge is 2.33. The van der Waals surface area contributed by atoms with Gasteiger partial charge in [0, 0.05) is 32.0 Å². The Kier molecular flexibility index (Phi) is 5.71. The van der Waals surface area contributed by atoms with E-state index in [4.69, 9.17) is 0 Å². The third kappa shape index (κ3) is 4.37. The van der Waals surface area contributed by atoms with E-state index in [0.717, 1.165) is 19.0 Å². The average Bonchev–Trinajstić information content (AvgIpc) is 3.00. The number of aromatic nitrogens is 1. The van der Waals surface area contributed by atoms with Crippen LogP contribution in [0, 0.1) is 11.3 Å². The second-order valence-corrected chi connectivity index (χ2v) is 7.17. The normalized spacial score (nSPS) is 18.0. The molecule has 0 bridgehead atoms. The van der Waals surface area contributed by atoms with Crippen molar-refractivity contribution in [1.82, 2.24) is 9.88 Å². The summed E-state index contributed by atoms with van der Waals surface area (Å²) in [5.41, 5.74) is 2.01. The average molecular weight is 276 g/mol.